The number of morpholine rings is 1. The lowest BCUT2D eigenvalue weighted by atomic mass is 10.0. The molecule has 2 heterocycles. The second-order valence-corrected chi connectivity index (χ2v) is 3.19. The van der Waals surface area contributed by atoms with Crippen LogP contribution >= 0.6 is 0 Å². The Bertz CT molecular complexity index is 183. The lowest BCUT2D eigenvalue weighted by Crippen LogP contribution is -2.43. The van der Waals surface area contributed by atoms with Gasteiger partial charge in [0, 0.05) is 12.1 Å². The van der Waals surface area contributed by atoms with E-state index in [0.717, 1.165) is 6.42 Å². The van der Waals surface area contributed by atoms with E-state index in [1.165, 1.54) is 0 Å². The molecule has 2 saturated heterocycles. The van der Waals surface area contributed by atoms with Crippen molar-refractivity contribution in [3.05, 3.63) is 0 Å². The van der Waals surface area contributed by atoms with Crippen LogP contribution in [0.5, 0.6) is 0 Å². The summed E-state index contributed by atoms with van der Waals surface area (Å²) in [5.41, 5.74) is 0. The van der Waals surface area contributed by atoms with Crippen LogP contribution in [0.1, 0.15) is 6.42 Å². The number of carboxylic acid groups (broad SMARTS) is 1. The SMILES string of the molecule is O=C(O)C1CC2COCC1N2. The molecule has 0 aromatic rings. The molecule has 4 heteroatoms. The predicted molar refractivity (Wildman–Crippen MR) is 37.3 cm³/mol. The molecule has 3 atom stereocenters. The molecule has 0 saturated carbocycles. The van der Waals surface area contributed by atoms with E-state index in [1.807, 2.05) is 0 Å². The van der Waals surface area contributed by atoms with Gasteiger partial charge in [0.1, 0.15) is 0 Å². The van der Waals surface area contributed by atoms with E-state index in [9.17, 15) is 4.79 Å². The van der Waals surface area contributed by atoms with Crippen LogP contribution in [0.15, 0.2) is 0 Å². The molecule has 2 aliphatic heterocycles. The molecular formula is C7H11NO3. The van der Waals surface area contributed by atoms with Gasteiger partial charge in [-0.1, -0.05) is 0 Å². The summed E-state index contributed by atoms with van der Waals surface area (Å²) in [6.45, 7) is 1.22. The number of ether oxygens (including phenoxy) is 1. The first-order valence-corrected chi connectivity index (χ1v) is 3.84. The molecule has 2 bridgehead atoms. The number of hydrogen-bond donors (Lipinski definition) is 2. The summed E-state index contributed by atoms with van der Waals surface area (Å²) < 4.78 is 5.21. The Morgan fingerprint density at radius 3 is 3.00 bits per heavy atom. The summed E-state index contributed by atoms with van der Waals surface area (Å²) in [6.07, 6.45) is 0.722. The highest BCUT2D eigenvalue weighted by Gasteiger charge is 2.41. The Morgan fingerprint density at radius 1 is 1.55 bits per heavy atom. The van der Waals surface area contributed by atoms with Crippen molar-refractivity contribution in [3.8, 4) is 0 Å². The third-order valence-electron chi connectivity index (χ3n) is 2.41. The minimum atomic E-state index is -0.699. The fraction of sp³-hybridized carbons (Fsp3) is 0.857. The second-order valence-electron chi connectivity index (χ2n) is 3.19. The van der Waals surface area contributed by atoms with Crippen LogP contribution < -0.4 is 5.32 Å². The number of carboxylic acids is 1. The van der Waals surface area contributed by atoms with Gasteiger partial charge in [0.2, 0.25) is 0 Å². The van der Waals surface area contributed by atoms with Gasteiger partial charge in [-0.05, 0) is 6.42 Å². The normalized spacial score (nSPS) is 42.4. The van der Waals surface area contributed by atoms with E-state index in [-0.39, 0.29) is 18.0 Å². The van der Waals surface area contributed by atoms with E-state index < -0.39 is 5.97 Å². The third-order valence-corrected chi connectivity index (χ3v) is 2.41. The van der Waals surface area contributed by atoms with Crippen molar-refractivity contribution in [2.45, 2.75) is 18.5 Å². The Morgan fingerprint density at radius 2 is 2.36 bits per heavy atom. The number of carbonyl (C=O) groups is 1. The Balaban J connectivity index is 2.08. The smallest absolute Gasteiger partial charge is 0.308 e. The fourth-order valence-corrected chi connectivity index (χ4v) is 1.85. The van der Waals surface area contributed by atoms with E-state index in [2.05, 4.69) is 5.32 Å². The van der Waals surface area contributed by atoms with E-state index >= 15 is 0 Å². The van der Waals surface area contributed by atoms with E-state index in [0.29, 0.717) is 13.2 Å². The van der Waals surface area contributed by atoms with Gasteiger partial charge < -0.3 is 15.2 Å². The molecule has 0 radical (unpaired) electrons. The Kier molecular flexibility index (Phi) is 1.58. The van der Waals surface area contributed by atoms with Crippen LogP contribution in [0, 0.1) is 5.92 Å². The van der Waals surface area contributed by atoms with Gasteiger partial charge in [-0.25, -0.2) is 0 Å². The highest BCUT2D eigenvalue weighted by Crippen LogP contribution is 2.24. The minimum Gasteiger partial charge on any atom is -0.481 e. The maximum atomic E-state index is 10.6. The van der Waals surface area contributed by atoms with E-state index in [1.54, 1.807) is 0 Å². The first kappa shape index (κ1) is 7.06. The average molecular weight is 157 g/mol. The first-order chi connectivity index (χ1) is 5.27. The molecule has 0 aromatic carbocycles. The van der Waals surface area contributed by atoms with Crippen LogP contribution in [0.2, 0.25) is 0 Å². The van der Waals surface area contributed by atoms with Crippen molar-refractivity contribution < 1.29 is 14.6 Å². The van der Waals surface area contributed by atoms with Crippen LogP contribution in [0.4, 0.5) is 0 Å². The largest absolute Gasteiger partial charge is 0.481 e. The predicted octanol–water partition coefficient (Wildman–Crippen LogP) is -0.552. The second kappa shape index (κ2) is 2.46. The number of rotatable bonds is 1. The summed E-state index contributed by atoms with van der Waals surface area (Å²) >= 11 is 0. The zero-order valence-corrected chi connectivity index (χ0v) is 6.12. The molecule has 0 spiro atoms. The molecule has 4 nitrogen and oxygen atoms in total. The first-order valence-electron chi connectivity index (χ1n) is 3.84. The topological polar surface area (TPSA) is 58.6 Å². The van der Waals surface area contributed by atoms with Crippen LogP contribution in [-0.2, 0) is 9.53 Å². The highest BCUT2D eigenvalue weighted by atomic mass is 16.5. The average Bonchev–Trinajstić information content (AvgIpc) is 2.27. The van der Waals surface area contributed by atoms with Gasteiger partial charge >= 0.3 is 5.97 Å². The zero-order chi connectivity index (χ0) is 7.84. The van der Waals surface area contributed by atoms with Gasteiger partial charge in [-0.3, -0.25) is 4.79 Å². The van der Waals surface area contributed by atoms with Crippen LogP contribution in [-0.4, -0.2) is 36.4 Å². The number of fused-ring (bicyclic) bond motifs is 2. The summed E-state index contributed by atoms with van der Waals surface area (Å²) in [7, 11) is 0. The van der Waals surface area contributed by atoms with Crippen molar-refractivity contribution in [1.82, 2.24) is 5.32 Å². The van der Waals surface area contributed by atoms with Crippen molar-refractivity contribution in [1.29, 1.82) is 0 Å². The van der Waals surface area contributed by atoms with Crippen molar-refractivity contribution in [3.63, 3.8) is 0 Å². The van der Waals surface area contributed by atoms with Gasteiger partial charge in [0.25, 0.3) is 0 Å². The monoisotopic (exact) mass is 157 g/mol. The lowest BCUT2D eigenvalue weighted by Gasteiger charge is -2.21. The molecule has 2 fully saturated rings. The molecule has 62 valence electrons. The standard InChI is InChI=1S/C7H11NO3/c9-7(10)5-1-4-2-11-3-6(5)8-4/h4-6,8H,1-3H2,(H,9,10). The number of nitrogens with one attached hydrogen (secondary N) is 1. The summed E-state index contributed by atoms with van der Waals surface area (Å²) in [5, 5.41) is 12.0. The highest BCUT2D eigenvalue weighted by molar-refractivity contribution is 5.71. The Hall–Kier alpha value is -0.610. The molecule has 3 unspecified atom stereocenters. The molecule has 0 aromatic heterocycles. The molecular weight excluding hydrogens is 146 g/mol. The summed E-state index contributed by atoms with van der Waals surface area (Å²) in [4.78, 5) is 10.6. The molecule has 0 amide bonds. The maximum Gasteiger partial charge on any atom is 0.308 e. The van der Waals surface area contributed by atoms with Gasteiger partial charge in [0.15, 0.2) is 0 Å². The Labute approximate surface area is 64.5 Å². The summed E-state index contributed by atoms with van der Waals surface area (Å²) in [6, 6.07) is 0.320. The molecule has 2 N–H and O–H groups in total. The van der Waals surface area contributed by atoms with Crippen molar-refractivity contribution in [2.24, 2.45) is 5.92 Å². The molecule has 0 aliphatic carbocycles. The molecule has 2 rings (SSSR count). The lowest BCUT2D eigenvalue weighted by molar-refractivity contribution is -0.142. The minimum absolute atomic E-state index is 0.0475. The summed E-state index contributed by atoms with van der Waals surface area (Å²) in [5.74, 6) is -0.932. The van der Waals surface area contributed by atoms with Crippen molar-refractivity contribution >= 4 is 5.97 Å². The molecule has 2 aliphatic rings. The number of hydrogen-bond acceptors (Lipinski definition) is 3. The van der Waals surface area contributed by atoms with Gasteiger partial charge in [-0.2, -0.15) is 0 Å². The maximum absolute atomic E-state index is 10.6. The van der Waals surface area contributed by atoms with Gasteiger partial charge in [0.05, 0.1) is 19.1 Å². The molecule has 11 heavy (non-hydrogen) atoms. The zero-order valence-electron chi connectivity index (χ0n) is 6.12. The van der Waals surface area contributed by atoms with Crippen LogP contribution in [0.3, 0.4) is 0 Å². The third kappa shape index (κ3) is 1.12. The quantitative estimate of drug-likeness (QED) is 0.536. The fourth-order valence-electron chi connectivity index (χ4n) is 1.85. The van der Waals surface area contributed by atoms with Crippen molar-refractivity contribution in [2.75, 3.05) is 13.2 Å². The van der Waals surface area contributed by atoms with E-state index in [4.69, 9.17) is 9.84 Å². The van der Waals surface area contributed by atoms with Crippen LogP contribution in [0.25, 0.3) is 0 Å². The van der Waals surface area contributed by atoms with Gasteiger partial charge in [-0.15, -0.1) is 0 Å². The number of aliphatic carboxylic acids is 1.